The first-order chi connectivity index (χ1) is 10.7. The molecule has 2 bridgehead atoms. The third-order valence-corrected chi connectivity index (χ3v) is 5.60. The third kappa shape index (κ3) is 2.85. The van der Waals surface area contributed by atoms with Crippen LogP contribution in [0.1, 0.15) is 51.4 Å². The minimum absolute atomic E-state index is 0.0408. The maximum atomic E-state index is 12.5. The van der Waals surface area contributed by atoms with Gasteiger partial charge in [-0.25, -0.2) is 0 Å². The molecule has 1 N–H and O–H groups in total. The summed E-state index contributed by atoms with van der Waals surface area (Å²) in [7, 11) is 0. The third-order valence-electron chi connectivity index (χ3n) is 5.60. The number of hydrogen-bond donors (Lipinski definition) is 1. The zero-order valence-corrected chi connectivity index (χ0v) is 13.2. The summed E-state index contributed by atoms with van der Waals surface area (Å²) in [5.74, 6) is 0.748. The van der Waals surface area contributed by atoms with Gasteiger partial charge in [0.2, 0.25) is 11.8 Å². The lowest BCUT2D eigenvalue weighted by Crippen LogP contribution is -2.33. The van der Waals surface area contributed by atoms with E-state index in [4.69, 9.17) is 5.11 Å². The van der Waals surface area contributed by atoms with Gasteiger partial charge < -0.3 is 5.11 Å². The lowest BCUT2D eigenvalue weighted by atomic mass is 9.85. The highest BCUT2D eigenvalue weighted by atomic mass is 16.3. The number of unbranched alkanes of at least 4 members (excludes halogenated alkanes) is 6. The summed E-state index contributed by atoms with van der Waals surface area (Å²) >= 11 is 0. The summed E-state index contributed by atoms with van der Waals surface area (Å²) in [5, 5.41) is 8.71. The first-order valence-corrected chi connectivity index (χ1v) is 8.88. The molecule has 122 valence electrons. The smallest absolute Gasteiger partial charge is 0.233 e. The van der Waals surface area contributed by atoms with Crippen LogP contribution >= 0.6 is 0 Å². The van der Waals surface area contributed by atoms with Crippen LogP contribution in [0.3, 0.4) is 0 Å². The summed E-state index contributed by atoms with van der Waals surface area (Å²) in [4.78, 5) is 26.5. The number of carbonyl (C=O) groups is 2. The van der Waals surface area contributed by atoms with Gasteiger partial charge in [-0.3, -0.25) is 14.5 Å². The molecule has 2 amide bonds. The van der Waals surface area contributed by atoms with Gasteiger partial charge in [0.15, 0.2) is 0 Å². The SMILES string of the molecule is O=C1C2C3C=CC(C3)C2C(=O)N1CCCCCCCCCO. The number of nitrogens with zero attached hydrogens (tertiary/aromatic N) is 1. The highest BCUT2D eigenvalue weighted by Crippen LogP contribution is 2.52. The Morgan fingerprint density at radius 3 is 1.91 bits per heavy atom. The van der Waals surface area contributed by atoms with Crippen LogP contribution in [0.5, 0.6) is 0 Å². The Balaban J connectivity index is 1.37. The molecule has 0 aromatic heterocycles. The van der Waals surface area contributed by atoms with E-state index in [0.29, 0.717) is 25.0 Å². The summed E-state index contributed by atoms with van der Waals surface area (Å²) in [6, 6.07) is 0. The lowest BCUT2D eigenvalue weighted by molar-refractivity contribution is -0.140. The molecule has 4 atom stereocenters. The molecule has 3 aliphatic rings. The van der Waals surface area contributed by atoms with Gasteiger partial charge in [-0.1, -0.05) is 44.3 Å². The zero-order chi connectivity index (χ0) is 15.5. The number of rotatable bonds is 9. The van der Waals surface area contributed by atoms with E-state index >= 15 is 0 Å². The predicted molar refractivity (Wildman–Crippen MR) is 83.8 cm³/mol. The van der Waals surface area contributed by atoms with E-state index in [9.17, 15) is 9.59 Å². The van der Waals surface area contributed by atoms with Crippen molar-refractivity contribution in [3.8, 4) is 0 Å². The fraction of sp³-hybridized carbons (Fsp3) is 0.778. The number of imide groups is 1. The standard InChI is InChI=1S/C18H27NO3/c20-11-7-5-3-1-2-4-6-10-19-17(21)15-13-8-9-14(12-13)16(15)18(19)22/h8-9,13-16,20H,1-7,10-12H2. The number of aliphatic hydroxyl groups is 1. The Kier molecular flexibility index (Phi) is 4.97. The van der Waals surface area contributed by atoms with E-state index in [1.807, 2.05) is 0 Å². The number of allylic oxidation sites excluding steroid dienone is 2. The molecule has 0 spiro atoms. The molecule has 4 heteroatoms. The van der Waals surface area contributed by atoms with Crippen LogP contribution < -0.4 is 0 Å². The molecule has 0 aromatic carbocycles. The van der Waals surface area contributed by atoms with E-state index in [1.54, 1.807) is 4.90 Å². The molecule has 1 heterocycles. The average molecular weight is 305 g/mol. The molecular weight excluding hydrogens is 278 g/mol. The molecule has 0 radical (unpaired) electrons. The number of amides is 2. The highest BCUT2D eigenvalue weighted by molar-refractivity contribution is 6.06. The monoisotopic (exact) mass is 305 g/mol. The van der Waals surface area contributed by atoms with Crippen LogP contribution in [0.25, 0.3) is 0 Å². The fourth-order valence-electron chi connectivity index (χ4n) is 4.45. The second-order valence-electron chi connectivity index (χ2n) is 7.03. The molecule has 2 fully saturated rings. The van der Waals surface area contributed by atoms with Gasteiger partial charge in [0.1, 0.15) is 0 Å². The van der Waals surface area contributed by atoms with Gasteiger partial charge in [0, 0.05) is 13.2 Å². The van der Waals surface area contributed by atoms with Crippen molar-refractivity contribution in [2.45, 2.75) is 51.4 Å². The van der Waals surface area contributed by atoms with Crippen molar-refractivity contribution < 1.29 is 14.7 Å². The first-order valence-electron chi connectivity index (χ1n) is 8.88. The van der Waals surface area contributed by atoms with Gasteiger partial charge in [0.05, 0.1) is 11.8 Å². The number of likely N-dealkylation sites (tertiary alicyclic amines) is 1. The van der Waals surface area contributed by atoms with E-state index in [0.717, 1.165) is 38.5 Å². The summed E-state index contributed by atoms with van der Waals surface area (Å²) in [6.45, 7) is 0.902. The van der Waals surface area contributed by atoms with Gasteiger partial charge >= 0.3 is 0 Å². The van der Waals surface area contributed by atoms with Gasteiger partial charge in [-0.15, -0.1) is 0 Å². The zero-order valence-electron chi connectivity index (χ0n) is 13.2. The molecule has 1 aliphatic heterocycles. The molecule has 1 saturated heterocycles. The minimum Gasteiger partial charge on any atom is -0.396 e. The maximum Gasteiger partial charge on any atom is 0.233 e. The van der Waals surface area contributed by atoms with Gasteiger partial charge in [-0.05, 0) is 31.1 Å². The number of fused-ring (bicyclic) bond motifs is 5. The van der Waals surface area contributed by atoms with E-state index in [2.05, 4.69) is 12.2 Å². The van der Waals surface area contributed by atoms with E-state index in [-0.39, 0.29) is 23.7 Å². The van der Waals surface area contributed by atoms with Crippen molar-refractivity contribution in [3.63, 3.8) is 0 Å². The Morgan fingerprint density at radius 2 is 1.36 bits per heavy atom. The van der Waals surface area contributed by atoms with Crippen molar-refractivity contribution in [1.29, 1.82) is 0 Å². The number of aliphatic hydroxyl groups excluding tert-OH is 1. The molecule has 4 nitrogen and oxygen atoms in total. The van der Waals surface area contributed by atoms with Crippen LogP contribution in [-0.2, 0) is 9.59 Å². The molecule has 0 aromatic rings. The van der Waals surface area contributed by atoms with E-state index < -0.39 is 0 Å². The van der Waals surface area contributed by atoms with Gasteiger partial charge in [0.25, 0.3) is 0 Å². The second kappa shape index (κ2) is 6.95. The van der Waals surface area contributed by atoms with Crippen LogP contribution in [0, 0.1) is 23.7 Å². The second-order valence-corrected chi connectivity index (χ2v) is 7.03. The van der Waals surface area contributed by atoms with Crippen molar-refractivity contribution in [2.24, 2.45) is 23.7 Å². The predicted octanol–water partition coefficient (Wildman–Crippen LogP) is 2.52. The van der Waals surface area contributed by atoms with Crippen molar-refractivity contribution in [3.05, 3.63) is 12.2 Å². The first kappa shape index (κ1) is 15.7. The summed E-state index contributed by atoms with van der Waals surface area (Å²) < 4.78 is 0. The van der Waals surface area contributed by atoms with Gasteiger partial charge in [-0.2, -0.15) is 0 Å². The van der Waals surface area contributed by atoms with Crippen molar-refractivity contribution in [1.82, 2.24) is 4.90 Å². The quantitative estimate of drug-likeness (QED) is 0.404. The Bertz CT molecular complexity index is 429. The topological polar surface area (TPSA) is 57.6 Å². The summed E-state index contributed by atoms with van der Waals surface area (Å²) in [6.07, 6.45) is 12.8. The van der Waals surface area contributed by atoms with Crippen LogP contribution in [0.15, 0.2) is 12.2 Å². The molecule has 1 saturated carbocycles. The largest absolute Gasteiger partial charge is 0.396 e. The Morgan fingerprint density at radius 1 is 0.864 bits per heavy atom. The molecular formula is C18H27NO3. The summed E-state index contributed by atoms with van der Waals surface area (Å²) in [5.41, 5.74) is 0. The Labute approximate surface area is 132 Å². The minimum atomic E-state index is -0.0408. The lowest BCUT2D eigenvalue weighted by Gasteiger charge is -2.17. The Hall–Kier alpha value is -1.16. The number of carbonyl (C=O) groups excluding carboxylic acids is 2. The van der Waals surface area contributed by atoms with Crippen LogP contribution in [-0.4, -0.2) is 35.0 Å². The molecule has 3 rings (SSSR count). The van der Waals surface area contributed by atoms with Crippen molar-refractivity contribution >= 4 is 11.8 Å². The van der Waals surface area contributed by atoms with Crippen LogP contribution in [0.4, 0.5) is 0 Å². The molecule has 2 aliphatic carbocycles. The maximum absolute atomic E-state index is 12.5. The average Bonchev–Trinajstić information content (AvgIpc) is 3.18. The van der Waals surface area contributed by atoms with Crippen molar-refractivity contribution in [2.75, 3.05) is 13.2 Å². The van der Waals surface area contributed by atoms with E-state index in [1.165, 1.54) is 12.8 Å². The molecule has 22 heavy (non-hydrogen) atoms. The fourth-order valence-corrected chi connectivity index (χ4v) is 4.45. The number of hydrogen-bond acceptors (Lipinski definition) is 3. The highest BCUT2D eigenvalue weighted by Gasteiger charge is 2.58. The molecule has 4 unspecified atom stereocenters. The van der Waals surface area contributed by atoms with Crippen LogP contribution in [0.2, 0.25) is 0 Å². The normalized spacial score (nSPS) is 32.3.